The van der Waals surface area contributed by atoms with Crippen LogP contribution in [-0.4, -0.2) is 40.3 Å². The molecule has 1 amide bonds. The van der Waals surface area contributed by atoms with Crippen molar-refractivity contribution in [2.75, 3.05) is 17.7 Å². The number of thiazole rings is 1. The van der Waals surface area contributed by atoms with E-state index >= 15 is 0 Å². The molecule has 1 N–H and O–H groups in total. The number of ether oxygens (including phenoxy) is 1. The topological polar surface area (TPSA) is 109 Å². The summed E-state index contributed by atoms with van der Waals surface area (Å²) in [6.07, 6.45) is 0. The number of hydrogen-bond acceptors (Lipinski definition) is 8. The summed E-state index contributed by atoms with van der Waals surface area (Å²) in [5, 5.41) is 13.5. The number of ketones is 1. The Kier molecular flexibility index (Phi) is 8.36. The molecule has 2 unspecified atom stereocenters. The number of nitriles is 1. The molecule has 2 atom stereocenters. The Bertz CT molecular complexity index is 919. The molecule has 1 heterocycles. The van der Waals surface area contributed by atoms with E-state index in [4.69, 9.17) is 4.74 Å². The van der Waals surface area contributed by atoms with Gasteiger partial charge >= 0.3 is 5.97 Å². The number of Topliss-reactive ketones (excluding diaryl/α,β-unsaturated/α-hetero) is 1. The van der Waals surface area contributed by atoms with Gasteiger partial charge in [-0.2, -0.15) is 5.26 Å². The maximum absolute atomic E-state index is 12.2. The third-order valence-corrected chi connectivity index (χ3v) is 5.97. The Balaban J connectivity index is 1.76. The van der Waals surface area contributed by atoms with E-state index in [9.17, 15) is 19.6 Å². The highest BCUT2D eigenvalue weighted by molar-refractivity contribution is 8.01. The molecule has 29 heavy (non-hydrogen) atoms. The van der Waals surface area contributed by atoms with E-state index in [0.717, 1.165) is 23.0 Å². The van der Waals surface area contributed by atoms with Gasteiger partial charge in [-0.1, -0.05) is 17.7 Å². The molecule has 0 saturated heterocycles. The van der Waals surface area contributed by atoms with Crippen LogP contribution in [0.25, 0.3) is 0 Å². The van der Waals surface area contributed by atoms with Crippen LogP contribution in [0.3, 0.4) is 0 Å². The summed E-state index contributed by atoms with van der Waals surface area (Å²) in [5.41, 5.74) is 2.50. The lowest BCUT2D eigenvalue weighted by atomic mass is 10.1. The first-order valence-electron chi connectivity index (χ1n) is 8.79. The van der Waals surface area contributed by atoms with Crippen molar-refractivity contribution in [1.82, 2.24) is 4.98 Å². The summed E-state index contributed by atoms with van der Waals surface area (Å²) in [6, 6.07) is 9.29. The first kappa shape index (κ1) is 22.6. The zero-order valence-corrected chi connectivity index (χ0v) is 17.9. The SMILES string of the molecule is Cc1ccc(NC(=O)CSC(C)C(=O)OCC(=O)C(C#N)c2nc(C)cs2)cc1. The number of carbonyl (C=O) groups excluding carboxylic acids is 3. The molecule has 0 saturated carbocycles. The van der Waals surface area contributed by atoms with Crippen molar-refractivity contribution in [3.63, 3.8) is 0 Å². The third-order valence-electron chi connectivity index (χ3n) is 3.82. The van der Waals surface area contributed by atoms with Gasteiger partial charge in [0.15, 0.2) is 18.3 Å². The van der Waals surface area contributed by atoms with Crippen LogP contribution in [0.2, 0.25) is 0 Å². The third kappa shape index (κ3) is 7.00. The average molecular weight is 432 g/mol. The first-order valence-corrected chi connectivity index (χ1v) is 10.7. The zero-order chi connectivity index (χ0) is 21.4. The van der Waals surface area contributed by atoms with Gasteiger partial charge in [0.25, 0.3) is 0 Å². The monoisotopic (exact) mass is 431 g/mol. The van der Waals surface area contributed by atoms with Gasteiger partial charge in [-0.05, 0) is 32.9 Å². The average Bonchev–Trinajstić information content (AvgIpc) is 3.12. The first-order chi connectivity index (χ1) is 13.8. The number of rotatable bonds is 9. The molecule has 7 nitrogen and oxygen atoms in total. The molecular formula is C20H21N3O4S2. The molecule has 0 aliphatic carbocycles. The van der Waals surface area contributed by atoms with Crippen LogP contribution >= 0.6 is 23.1 Å². The van der Waals surface area contributed by atoms with Crippen molar-refractivity contribution in [2.24, 2.45) is 0 Å². The lowest BCUT2D eigenvalue weighted by Gasteiger charge is -2.12. The predicted molar refractivity (Wildman–Crippen MR) is 113 cm³/mol. The molecular weight excluding hydrogens is 410 g/mol. The van der Waals surface area contributed by atoms with Gasteiger partial charge in [0, 0.05) is 16.8 Å². The predicted octanol–water partition coefficient (Wildman–Crippen LogP) is 3.24. The molecule has 9 heteroatoms. The van der Waals surface area contributed by atoms with Gasteiger partial charge in [-0.3, -0.25) is 14.4 Å². The lowest BCUT2D eigenvalue weighted by molar-refractivity contribution is -0.147. The van der Waals surface area contributed by atoms with Crippen molar-refractivity contribution >= 4 is 46.4 Å². The van der Waals surface area contributed by atoms with Gasteiger partial charge < -0.3 is 10.1 Å². The largest absolute Gasteiger partial charge is 0.457 e. The number of nitrogens with zero attached hydrogens (tertiary/aromatic N) is 2. The van der Waals surface area contributed by atoms with Gasteiger partial charge in [-0.15, -0.1) is 23.1 Å². The number of amides is 1. The Hall–Kier alpha value is -2.70. The Labute approximate surface area is 177 Å². The fraction of sp³-hybridized carbons (Fsp3) is 0.350. The van der Waals surface area contributed by atoms with Crippen LogP contribution < -0.4 is 5.32 Å². The minimum absolute atomic E-state index is 0.0668. The molecule has 2 aromatic rings. The second-order valence-corrected chi connectivity index (χ2v) is 8.55. The maximum atomic E-state index is 12.2. The molecule has 0 radical (unpaired) electrons. The summed E-state index contributed by atoms with van der Waals surface area (Å²) < 4.78 is 5.03. The summed E-state index contributed by atoms with van der Waals surface area (Å²) in [7, 11) is 0. The Morgan fingerprint density at radius 2 is 1.97 bits per heavy atom. The number of esters is 1. The maximum Gasteiger partial charge on any atom is 0.319 e. The van der Waals surface area contributed by atoms with Crippen LogP contribution in [-0.2, 0) is 19.1 Å². The molecule has 1 aromatic heterocycles. The van der Waals surface area contributed by atoms with Crippen LogP contribution in [0.4, 0.5) is 5.69 Å². The number of hydrogen-bond donors (Lipinski definition) is 1. The van der Waals surface area contributed by atoms with Crippen LogP contribution in [0.1, 0.15) is 29.1 Å². The number of thioether (sulfide) groups is 1. The number of anilines is 1. The number of aryl methyl sites for hydroxylation is 2. The minimum atomic E-state index is -1.05. The summed E-state index contributed by atoms with van der Waals surface area (Å²) in [5.74, 6) is -2.36. The number of carbonyl (C=O) groups is 3. The normalized spacial score (nSPS) is 12.5. The van der Waals surface area contributed by atoms with Gasteiger partial charge in [0.05, 0.1) is 11.8 Å². The van der Waals surface area contributed by atoms with Gasteiger partial charge in [-0.25, -0.2) is 4.98 Å². The fourth-order valence-corrected chi connectivity index (χ4v) is 3.75. The summed E-state index contributed by atoms with van der Waals surface area (Å²) in [4.78, 5) is 40.4. The van der Waals surface area contributed by atoms with Crippen molar-refractivity contribution in [1.29, 1.82) is 5.26 Å². The molecule has 2 rings (SSSR count). The van der Waals surface area contributed by atoms with Crippen LogP contribution in [0, 0.1) is 25.2 Å². The summed E-state index contributed by atoms with van der Waals surface area (Å²) in [6.45, 7) is 4.82. The van der Waals surface area contributed by atoms with Crippen LogP contribution in [0.5, 0.6) is 0 Å². The highest BCUT2D eigenvalue weighted by Crippen LogP contribution is 2.21. The Morgan fingerprint density at radius 3 is 2.55 bits per heavy atom. The van der Waals surface area contributed by atoms with Crippen molar-refractivity contribution in [3.8, 4) is 6.07 Å². The fourth-order valence-electron chi connectivity index (χ4n) is 2.22. The molecule has 1 aromatic carbocycles. The van der Waals surface area contributed by atoms with Crippen molar-refractivity contribution in [2.45, 2.75) is 31.9 Å². The van der Waals surface area contributed by atoms with E-state index in [2.05, 4.69) is 10.3 Å². The minimum Gasteiger partial charge on any atom is -0.457 e. The molecule has 0 fully saturated rings. The van der Waals surface area contributed by atoms with Gasteiger partial charge in [0.2, 0.25) is 5.91 Å². The van der Waals surface area contributed by atoms with E-state index in [1.165, 1.54) is 11.3 Å². The highest BCUT2D eigenvalue weighted by atomic mass is 32.2. The Morgan fingerprint density at radius 1 is 1.28 bits per heavy atom. The molecule has 152 valence electrons. The lowest BCUT2D eigenvalue weighted by Crippen LogP contribution is -2.25. The highest BCUT2D eigenvalue weighted by Gasteiger charge is 2.25. The van der Waals surface area contributed by atoms with E-state index < -0.39 is 29.5 Å². The summed E-state index contributed by atoms with van der Waals surface area (Å²) >= 11 is 2.33. The molecule has 0 spiro atoms. The second-order valence-electron chi connectivity index (χ2n) is 6.33. The number of benzene rings is 1. The quantitative estimate of drug-likeness (QED) is 0.607. The van der Waals surface area contributed by atoms with Crippen molar-refractivity contribution in [3.05, 3.63) is 45.9 Å². The standard InChI is InChI=1S/C20H21N3O4S2/c1-12-4-6-15(7-5-12)23-18(25)11-28-14(3)20(26)27-9-17(24)16(8-21)19-22-13(2)10-29-19/h4-7,10,14,16H,9,11H2,1-3H3,(H,23,25). The molecule has 0 aliphatic heterocycles. The number of nitrogens with one attached hydrogen (secondary N) is 1. The second kappa shape index (κ2) is 10.7. The van der Waals surface area contributed by atoms with Gasteiger partial charge in [0.1, 0.15) is 10.3 Å². The van der Waals surface area contributed by atoms with Crippen LogP contribution in [0.15, 0.2) is 29.6 Å². The smallest absolute Gasteiger partial charge is 0.319 e. The van der Waals surface area contributed by atoms with E-state index in [1.54, 1.807) is 31.4 Å². The molecule has 0 bridgehead atoms. The van der Waals surface area contributed by atoms with E-state index in [-0.39, 0.29) is 11.7 Å². The van der Waals surface area contributed by atoms with E-state index in [1.807, 2.05) is 25.1 Å². The van der Waals surface area contributed by atoms with E-state index in [0.29, 0.717) is 10.7 Å². The molecule has 0 aliphatic rings. The zero-order valence-electron chi connectivity index (χ0n) is 16.3. The van der Waals surface area contributed by atoms with Crippen molar-refractivity contribution < 1.29 is 19.1 Å². The number of aromatic nitrogens is 1.